The summed E-state index contributed by atoms with van der Waals surface area (Å²) in [4.78, 5) is 18.0. The average Bonchev–Trinajstić information content (AvgIpc) is 2.55. The van der Waals surface area contributed by atoms with Crippen LogP contribution < -0.4 is 5.56 Å². The molecule has 4 nitrogen and oxygen atoms in total. The summed E-state index contributed by atoms with van der Waals surface area (Å²) >= 11 is 2.24. The van der Waals surface area contributed by atoms with Crippen molar-refractivity contribution in [2.24, 2.45) is 5.92 Å². The number of aromatic hydroxyl groups is 1. The highest BCUT2D eigenvalue weighted by atomic mass is 127. The van der Waals surface area contributed by atoms with Gasteiger partial charge in [-0.05, 0) is 65.0 Å². The van der Waals surface area contributed by atoms with E-state index in [0.717, 1.165) is 22.0 Å². The third-order valence-corrected chi connectivity index (χ3v) is 4.68. The van der Waals surface area contributed by atoms with Crippen molar-refractivity contribution in [3.05, 3.63) is 55.8 Å². The van der Waals surface area contributed by atoms with Crippen LogP contribution >= 0.6 is 22.6 Å². The Bertz CT molecular complexity index is 688. The summed E-state index contributed by atoms with van der Waals surface area (Å²) in [5.41, 5.74) is 0.955. The van der Waals surface area contributed by atoms with Crippen LogP contribution in [0.25, 0.3) is 0 Å². The molecule has 1 heterocycles. The number of H-pyrrole nitrogens is 1. The van der Waals surface area contributed by atoms with Crippen LogP contribution in [-0.4, -0.2) is 21.7 Å². The molecule has 2 aromatic rings. The first kappa shape index (κ1) is 17.9. The van der Waals surface area contributed by atoms with Crippen LogP contribution in [0.5, 0.6) is 5.75 Å². The van der Waals surface area contributed by atoms with E-state index in [4.69, 9.17) is 0 Å². The largest absolute Gasteiger partial charge is 0.502 e. The normalized spacial score (nSPS) is 13.7. The molecule has 0 bridgehead atoms. The molecule has 0 aliphatic heterocycles. The molecule has 2 N–H and O–H groups in total. The van der Waals surface area contributed by atoms with Gasteiger partial charge in [-0.1, -0.05) is 19.1 Å². The predicted octanol–water partition coefficient (Wildman–Crippen LogP) is 3.79. The quantitative estimate of drug-likeness (QED) is 0.657. The van der Waals surface area contributed by atoms with Crippen LogP contribution in [0.2, 0.25) is 0 Å². The molecule has 0 aliphatic rings. The van der Waals surface area contributed by atoms with E-state index >= 15 is 0 Å². The van der Waals surface area contributed by atoms with Gasteiger partial charge in [-0.3, -0.25) is 9.18 Å². The van der Waals surface area contributed by atoms with E-state index in [2.05, 4.69) is 32.6 Å². The lowest BCUT2D eigenvalue weighted by Crippen LogP contribution is -2.13. The molecule has 1 aromatic heterocycles. The number of alkyl halides is 1. The molecule has 0 radical (unpaired) electrons. The summed E-state index contributed by atoms with van der Waals surface area (Å²) in [6, 6.07) is 8.12. The van der Waals surface area contributed by atoms with Gasteiger partial charge in [0.2, 0.25) is 5.75 Å². The van der Waals surface area contributed by atoms with Gasteiger partial charge in [-0.15, -0.1) is 0 Å². The number of nitrogens with one attached hydrogen (secondary N) is 1. The molecule has 1 aromatic carbocycles. The fourth-order valence-electron chi connectivity index (χ4n) is 2.50. The Labute approximate surface area is 148 Å². The van der Waals surface area contributed by atoms with Gasteiger partial charge < -0.3 is 10.1 Å². The molecule has 2 atom stereocenters. The number of aromatic amines is 1. The summed E-state index contributed by atoms with van der Waals surface area (Å²) in [7, 11) is 0. The molecule has 23 heavy (non-hydrogen) atoms. The number of halogens is 2. The van der Waals surface area contributed by atoms with Crippen LogP contribution in [0, 0.1) is 9.49 Å². The number of hydrogen-bond acceptors (Lipinski definition) is 3. The molecule has 0 aliphatic carbocycles. The fourth-order valence-corrected chi connectivity index (χ4v) is 2.86. The standard InChI is InChI=1S/C17H20FIN2O2/c1-11(9-18)2-3-13(12-4-6-14(19)7-5-12)8-15-16(22)17(23)21-10-20-15/h4-7,10-11,13,22H,2-3,8-9H2,1H3,(H,20,21,23)/t11-,13?/m1/s1. The summed E-state index contributed by atoms with van der Waals surface area (Å²) in [6.45, 7) is 1.54. The molecule has 2 rings (SSSR count). The monoisotopic (exact) mass is 430 g/mol. The molecule has 0 saturated heterocycles. The van der Waals surface area contributed by atoms with Crippen LogP contribution in [0.3, 0.4) is 0 Å². The van der Waals surface area contributed by atoms with Gasteiger partial charge in [-0.25, -0.2) is 4.98 Å². The van der Waals surface area contributed by atoms with Gasteiger partial charge in [0.1, 0.15) is 0 Å². The minimum absolute atomic E-state index is 0.00193. The molecule has 124 valence electrons. The number of rotatable bonds is 7. The van der Waals surface area contributed by atoms with Gasteiger partial charge in [-0.2, -0.15) is 0 Å². The molecular formula is C17H20FIN2O2. The van der Waals surface area contributed by atoms with Gasteiger partial charge in [0.25, 0.3) is 5.56 Å². The maximum absolute atomic E-state index is 12.7. The van der Waals surface area contributed by atoms with Crippen molar-refractivity contribution in [2.45, 2.75) is 32.1 Å². The Hall–Kier alpha value is -1.44. The topological polar surface area (TPSA) is 66.0 Å². The molecule has 0 spiro atoms. The minimum Gasteiger partial charge on any atom is -0.502 e. The lowest BCUT2D eigenvalue weighted by molar-refractivity contribution is 0.349. The van der Waals surface area contributed by atoms with Gasteiger partial charge in [0.15, 0.2) is 0 Å². The number of benzene rings is 1. The average molecular weight is 430 g/mol. The Morgan fingerprint density at radius 3 is 2.65 bits per heavy atom. The first-order chi connectivity index (χ1) is 11.0. The predicted molar refractivity (Wildman–Crippen MR) is 96.5 cm³/mol. The highest BCUT2D eigenvalue weighted by Gasteiger charge is 2.18. The third-order valence-electron chi connectivity index (χ3n) is 3.96. The SMILES string of the molecule is C[C@@H](CF)CCC(Cc1nc[nH]c(=O)c1O)c1ccc(I)cc1. The lowest BCUT2D eigenvalue weighted by atomic mass is 9.87. The molecule has 0 saturated carbocycles. The second-order valence-corrected chi connectivity index (χ2v) is 7.06. The van der Waals surface area contributed by atoms with Gasteiger partial charge in [0.05, 0.1) is 18.7 Å². The Morgan fingerprint density at radius 1 is 1.30 bits per heavy atom. The van der Waals surface area contributed by atoms with E-state index in [0.29, 0.717) is 12.1 Å². The second-order valence-electron chi connectivity index (χ2n) is 5.82. The van der Waals surface area contributed by atoms with Crippen molar-refractivity contribution in [1.29, 1.82) is 0 Å². The summed E-state index contributed by atoms with van der Waals surface area (Å²) < 4.78 is 13.9. The molecule has 6 heteroatoms. The highest BCUT2D eigenvalue weighted by Crippen LogP contribution is 2.29. The van der Waals surface area contributed by atoms with E-state index in [9.17, 15) is 14.3 Å². The van der Waals surface area contributed by atoms with Crippen molar-refractivity contribution in [3.8, 4) is 5.75 Å². The van der Waals surface area contributed by atoms with E-state index in [1.807, 2.05) is 31.2 Å². The Morgan fingerprint density at radius 2 is 2.00 bits per heavy atom. The molecular weight excluding hydrogens is 410 g/mol. The number of nitrogens with zero attached hydrogens (tertiary/aromatic N) is 1. The van der Waals surface area contributed by atoms with Crippen molar-refractivity contribution >= 4 is 22.6 Å². The van der Waals surface area contributed by atoms with Crippen LogP contribution in [0.1, 0.15) is 36.9 Å². The summed E-state index contributed by atoms with van der Waals surface area (Å²) in [6.07, 6.45) is 3.28. The minimum atomic E-state index is -0.534. The van der Waals surface area contributed by atoms with Crippen LogP contribution in [-0.2, 0) is 6.42 Å². The second kappa shape index (κ2) is 8.42. The van der Waals surface area contributed by atoms with Gasteiger partial charge in [0, 0.05) is 9.99 Å². The number of aromatic nitrogens is 2. The van der Waals surface area contributed by atoms with E-state index < -0.39 is 5.56 Å². The van der Waals surface area contributed by atoms with Crippen molar-refractivity contribution in [2.75, 3.05) is 6.67 Å². The highest BCUT2D eigenvalue weighted by molar-refractivity contribution is 14.1. The Kier molecular flexibility index (Phi) is 6.56. The zero-order valence-corrected chi connectivity index (χ0v) is 15.1. The summed E-state index contributed by atoms with van der Waals surface area (Å²) in [5, 5.41) is 9.89. The lowest BCUT2D eigenvalue weighted by Gasteiger charge is -2.19. The molecule has 0 amide bonds. The van der Waals surface area contributed by atoms with Crippen molar-refractivity contribution < 1.29 is 9.50 Å². The first-order valence-corrected chi connectivity index (χ1v) is 8.66. The van der Waals surface area contributed by atoms with Crippen molar-refractivity contribution in [1.82, 2.24) is 9.97 Å². The molecule has 0 fully saturated rings. The van der Waals surface area contributed by atoms with E-state index in [1.54, 1.807) is 0 Å². The third kappa shape index (κ3) is 5.02. The zero-order chi connectivity index (χ0) is 16.8. The van der Waals surface area contributed by atoms with Crippen molar-refractivity contribution in [3.63, 3.8) is 0 Å². The maximum atomic E-state index is 12.7. The smallest absolute Gasteiger partial charge is 0.293 e. The van der Waals surface area contributed by atoms with E-state index in [-0.39, 0.29) is 24.3 Å². The van der Waals surface area contributed by atoms with Crippen LogP contribution in [0.15, 0.2) is 35.4 Å². The first-order valence-electron chi connectivity index (χ1n) is 7.58. The van der Waals surface area contributed by atoms with Gasteiger partial charge >= 0.3 is 0 Å². The summed E-state index contributed by atoms with van der Waals surface area (Å²) in [5.74, 6) is -0.246. The number of hydrogen-bond donors (Lipinski definition) is 2. The fraction of sp³-hybridized carbons (Fsp3) is 0.412. The zero-order valence-electron chi connectivity index (χ0n) is 12.9. The Balaban J connectivity index is 2.23. The van der Waals surface area contributed by atoms with Crippen LogP contribution in [0.4, 0.5) is 4.39 Å². The molecule has 1 unspecified atom stereocenters. The van der Waals surface area contributed by atoms with E-state index in [1.165, 1.54) is 6.33 Å². The maximum Gasteiger partial charge on any atom is 0.293 e.